The van der Waals surface area contributed by atoms with E-state index in [1.807, 2.05) is 28.8 Å². The third kappa shape index (κ3) is 2.25. The molecule has 1 aliphatic heterocycles. The molecule has 0 spiro atoms. The molecule has 2 aromatic carbocycles. The molecule has 8 nitrogen and oxygen atoms in total. The number of hydrogen-bond donors (Lipinski definition) is 3. The van der Waals surface area contributed by atoms with Crippen molar-refractivity contribution in [2.24, 2.45) is 14.1 Å². The lowest BCUT2D eigenvalue weighted by molar-refractivity contribution is 0.403. The molecular formula is C21H18N4O4. The topological polar surface area (TPSA) is 101 Å². The second-order valence-electron chi connectivity index (χ2n) is 7.20. The highest BCUT2D eigenvalue weighted by Gasteiger charge is 2.31. The molecule has 0 amide bonds. The van der Waals surface area contributed by atoms with Crippen LogP contribution in [0, 0.1) is 0 Å². The van der Waals surface area contributed by atoms with Crippen molar-refractivity contribution in [3.8, 4) is 17.2 Å². The summed E-state index contributed by atoms with van der Waals surface area (Å²) in [5.74, 6) is -0.457. The van der Waals surface area contributed by atoms with E-state index >= 15 is 0 Å². The standard InChI is InChI=1S/C21H18N4O4/c1-23-18-12(20(28)24(2)21(23)29)10-25-14-6-4-3-5-13(14)22-17(19(18)25)11-7-8-15(26)16(27)9-11/h3-10,17,22,26-27H,1-2H3/t17-/m1/s1. The number of anilines is 1. The summed E-state index contributed by atoms with van der Waals surface area (Å²) in [4.78, 5) is 25.4. The van der Waals surface area contributed by atoms with Gasteiger partial charge in [0.05, 0.1) is 34.0 Å². The fraction of sp³-hybridized carbons (Fsp3) is 0.143. The molecular weight excluding hydrogens is 372 g/mol. The van der Waals surface area contributed by atoms with Gasteiger partial charge in [0, 0.05) is 20.3 Å². The number of phenols is 2. The molecule has 0 aliphatic carbocycles. The summed E-state index contributed by atoms with van der Waals surface area (Å²) in [5.41, 5.74) is 2.84. The molecule has 3 N–H and O–H groups in total. The number of nitrogens with zero attached hydrogens (tertiary/aromatic N) is 3. The van der Waals surface area contributed by atoms with Crippen molar-refractivity contribution >= 4 is 16.6 Å². The summed E-state index contributed by atoms with van der Waals surface area (Å²) in [7, 11) is 3.10. The van der Waals surface area contributed by atoms with Crippen LogP contribution in [0.5, 0.6) is 11.5 Å². The summed E-state index contributed by atoms with van der Waals surface area (Å²) in [5, 5.41) is 23.6. The molecule has 0 saturated heterocycles. The molecule has 4 aromatic rings. The normalized spacial score (nSPS) is 15.0. The van der Waals surface area contributed by atoms with Crippen LogP contribution in [0.1, 0.15) is 17.3 Å². The monoisotopic (exact) mass is 390 g/mol. The van der Waals surface area contributed by atoms with Crippen molar-refractivity contribution in [3.63, 3.8) is 0 Å². The van der Waals surface area contributed by atoms with E-state index in [-0.39, 0.29) is 17.1 Å². The number of hydrogen-bond acceptors (Lipinski definition) is 5. The van der Waals surface area contributed by atoms with Gasteiger partial charge >= 0.3 is 5.69 Å². The predicted octanol–water partition coefficient (Wildman–Crippen LogP) is 1.95. The van der Waals surface area contributed by atoms with E-state index in [1.165, 1.54) is 23.7 Å². The van der Waals surface area contributed by atoms with Gasteiger partial charge in [0.2, 0.25) is 0 Å². The first-order valence-corrected chi connectivity index (χ1v) is 9.07. The summed E-state index contributed by atoms with van der Waals surface area (Å²) < 4.78 is 4.46. The Hall–Kier alpha value is -3.94. The zero-order valence-corrected chi connectivity index (χ0v) is 15.7. The van der Waals surface area contributed by atoms with Gasteiger partial charge in [0.25, 0.3) is 5.56 Å². The quantitative estimate of drug-likeness (QED) is 0.431. The fourth-order valence-electron chi connectivity index (χ4n) is 4.08. The highest BCUT2D eigenvalue weighted by Crippen LogP contribution is 2.41. The van der Waals surface area contributed by atoms with Crippen LogP contribution in [0.2, 0.25) is 0 Å². The smallest absolute Gasteiger partial charge is 0.331 e. The van der Waals surface area contributed by atoms with Crippen LogP contribution in [0.25, 0.3) is 16.6 Å². The van der Waals surface area contributed by atoms with Gasteiger partial charge in [-0.15, -0.1) is 0 Å². The molecule has 29 heavy (non-hydrogen) atoms. The molecule has 3 heterocycles. The van der Waals surface area contributed by atoms with E-state index in [0.29, 0.717) is 22.2 Å². The third-order valence-electron chi connectivity index (χ3n) is 5.53. The number of phenolic OH excluding ortho intramolecular Hbond substituents is 2. The molecule has 0 bridgehead atoms. The summed E-state index contributed by atoms with van der Waals surface area (Å²) in [6.45, 7) is 0. The number of aromatic nitrogens is 3. The molecule has 0 fully saturated rings. The number of fused-ring (bicyclic) bond motifs is 5. The molecule has 0 unspecified atom stereocenters. The first kappa shape index (κ1) is 17.2. The van der Waals surface area contributed by atoms with Crippen molar-refractivity contribution in [1.82, 2.24) is 13.7 Å². The summed E-state index contributed by atoms with van der Waals surface area (Å²) in [6.07, 6.45) is 1.75. The van der Waals surface area contributed by atoms with Crippen LogP contribution >= 0.6 is 0 Å². The second kappa shape index (κ2) is 5.78. The SMILES string of the molecule is Cn1c(=O)c2cn3c(c2n(C)c1=O)[C@@H](c1ccc(O)c(O)c1)Nc1ccccc1-3. The lowest BCUT2D eigenvalue weighted by atomic mass is 9.99. The van der Waals surface area contributed by atoms with E-state index < -0.39 is 11.7 Å². The van der Waals surface area contributed by atoms with Gasteiger partial charge < -0.3 is 20.1 Å². The van der Waals surface area contributed by atoms with Crippen LogP contribution in [0.15, 0.2) is 58.3 Å². The lowest BCUT2D eigenvalue weighted by Crippen LogP contribution is -2.37. The minimum atomic E-state index is -0.452. The highest BCUT2D eigenvalue weighted by atomic mass is 16.3. The maximum atomic E-state index is 12.8. The maximum absolute atomic E-state index is 12.8. The van der Waals surface area contributed by atoms with Gasteiger partial charge in [0.1, 0.15) is 0 Å². The first-order chi connectivity index (χ1) is 13.9. The van der Waals surface area contributed by atoms with E-state index in [0.717, 1.165) is 15.9 Å². The minimum Gasteiger partial charge on any atom is -0.504 e. The Morgan fingerprint density at radius 2 is 1.72 bits per heavy atom. The predicted molar refractivity (Wildman–Crippen MR) is 109 cm³/mol. The molecule has 8 heteroatoms. The van der Waals surface area contributed by atoms with Crippen molar-refractivity contribution in [2.45, 2.75) is 6.04 Å². The molecule has 0 saturated carbocycles. The average molecular weight is 390 g/mol. The van der Waals surface area contributed by atoms with Crippen LogP contribution < -0.4 is 16.6 Å². The lowest BCUT2D eigenvalue weighted by Gasteiger charge is -2.30. The van der Waals surface area contributed by atoms with Gasteiger partial charge in [-0.25, -0.2) is 4.79 Å². The zero-order chi connectivity index (χ0) is 20.4. The van der Waals surface area contributed by atoms with Crippen LogP contribution in [-0.2, 0) is 14.1 Å². The van der Waals surface area contributed by atoms with Gasteiger partial charge in [-0.2, -0.15) is 0 Å². The molecule has 1 atom stereocenters. The molecule has 5 rings (SSSR count). The number of benzene rings is 2. The van der Waals surface area contributed by atoms with E-state index in [1.54, 1.807) is 19.3 Å². The second-order valence-corrected chi connectivity index (χ2v) is 7.20. The fourth-order valence-corrected chi connectivity index (χ4v) is 4.08. The van der Waals surface area contributed by atoms with Gasteiger partial charge in [-0.05, 0) is 29.8 Å². The zero-order valence-electron chi connectivity index (χ0n) is 15.7. The maximum Gasteiger partial charge on any atom is 0.331 e. The number of nitrogens with one attached hydrogen (secondary N) is 1. The Morgan fingerprint density at radius 1 is 0.966 bits per heavy atom. The van der Waals surface area contributed by atoms with Crippen molar-refractivity contribution in [1.29, 1.82) is 0 Å². The Balaban J connectivity index is 1.93. The minimum absolute atomic E-state index is 0.216. The first-order valence-electron chi connectivity index (χ1n) is 9.07. The van der Waals surface area contributed by atoms with E-state index in [2.05, 4.69) is 5.32 Å². The number of aromatic hydroxyl groups is 2. The van der Waals surface area contributed by atoms with Gasteiger partial charge in [-0.1, -0.05) is 18.2 Å². The van der Waals surface area contributed by atoms with Gasteiger partial charge in [0.15, 0.2) is 11.5 Å². The van der Waals surface area contributed by atoms with Crippen molar-refractivity contribution in [2.75, 3.05) is 5.32 Å². The van der Waals surface area contributed by atoms with Crippen LogP contribution in [0.3, 0.4) is 0 Å². The number of para-hydroxylation sites is 2. The summed E-state index contributed by atoms with van der Waals surface area (Å²) >= 11 is 0. The third-order valence-corrected chi connectivity index (χ3v) is 5.53. The summed E-state index contributed by atoms with van der Waals surface area (Å²) in [6, 6.07) is 11.8. The molecule has 146 valence electrons. The van der Waals surface area contributed by atoms with Crippen molar-refractivity contribution in [3.05, 3.63) is 80.8 Å². The Labute approximate surface area is 164 Å². The Bertz CT molecular complexity index is 1430. The Kier molecular flexibility index (Phi) is 3.42. The van der Waals surface area contributed by atoms with Crippen LogP contribution in [0.4, 0.5) is 5.69 Å². The number of rotatable bonds is 1. The van der Waals surface area contributed by atoms with Gasteiger partial charge in [-0.3, -0.25) is 13.9 Å². The average Bonchev–Trinajstić information content (AvgIpc) is 3.13. The Morgan fingerprint density at radius 3 is 2.48 bits per heavy atom. The molecule has 1 aliphatic rings. The number of aryl methyl sites for hydroxylation is 1. The van der Waals surface area contributed by atoms with Crippen molar-refractivity contribution < 1.29 is 10.2 Å². The highest BCUT2D eigenvalue weighted by molar-refractivity contribution is 5.86. The van der Waals surface area contributed by atoms with E-state index in [4.69, 9.17) is 0 Å². The van der Waals surface area contributed by atoms with Crippen LogP contribution in [-0.4, -0.2) is 23.9 Å². The molecule has 2 aromatic heterocycles. The molecule has 0 radical (unpaired) electrons. The van der Waals surface area contributed by atoms with E-state index in [9.17, 15) is 19.8 Å². The largest absolute Gasteiger partial charge is 0.504 e.